The molecular weight excluding hydrogens is 372 g/mol. The minimum absolute atomic E-state index is 0.681. The minimum Gasteiger partial charge on any atom is -0.0952 e. The molecule has 0 saturated heterocycles. The van der Waals surface area contributed by atoms with Gasteiger partial charge in [0, 0.05) is 0 Å². The first-order valence-electron chi connectivity index (χ1n) is 11.9. The van der Waals surface area contributed by atoms with E-state index in [0.29, 0.717) is 5.92 Å². The van der Waals surface area contributed by atoms with Crippen molar-refractivity contribution < 1.29 is 0 Å². The van der Waals surface area contributed by atoms with Crippen molar-refractivity contribution in [3.8, 4) is 0 Å². The van der Waals surface area contributed by atoms with Crippen LogP contribution in [0.3, 0.4) is 0 Å². The molecule has 0 aliphatic heterocycles. The van der Waals surface area contributed by atoms with Crippen molar-refractivity contribution >= 4 is 6.08 Å². The molecule has 0 unspecified atom stereocenters. The topological polar surface area (TPSA) is 0 Å². The normalized spacial score (nSPS) is 14.1. The van der Waals surface area contributed by atoms with E-state index < -0.39 is 0 Å². The standard InChI is InChI=1S/C31H40/c1-7-12-25(6)31(24(4)5)22-19-28-16-15-27(23-28)14-11-10-13-26-17-20-30(21-18-26)29(8-2)9-3/h10-11,13-22,29H,6-9,12,23H2,1-5H3/b13-10+,14-11+,22-19+. The van der Waals surface area contributed by atoms with Gasteiger partial charge in [-0.05, 0) is 78.9 Å². The summed E-state index contributed by atoms with van der Waals surface area (Å²) >= 11 is 0. The molecule has 0 heteroatoms. The largest absolute Gasteiger partial charge is 0.0952 e. The van der Waals surface area contributed by atoms with Gasteiger partial charge in [-0.2, -0.15) is 0 Å². The van der Waals surface area contributed by atoms with Crippen LogP contribution >= 0.6 is 0 Å². The van der Waals surface area contributed by atoms with Crippen LogP contribution < -0.4 is 0 Å². The van der Waals surface area contributed by atoms with Gasteiger partial charge < -0.3 is 0 Å². The lowest BCUT2D eigenvalue weighted by Crippen LogP contribution is -1.94. The second kappa shape index (κ2) is 13.0. The van der Waals surface area contributed by atoms with E-state index in [2.05, 4.69) is 114 Å². The van der Waals surface area contributed by atoms with Gasteiger partial charge in [0.05, 0.1) is 0 Å². The van der Waals surface area contributed by atoms with Gasteiger partial charge in [-0.3, -0.25) is 0 Å². The summed E-state index contributed by atoms with van der Waals surface area (Å²) in [6.45, 7) is 15.3. The molecule has 1 aliphatic carbocycles. The molecule has 1 aromatic carbocycles. The van der Waals surface area contributed by atoms with Gasteiger partial charge in [-0.15, -0.1) is 0 Å². The molecule has 0 nitrogen and oxygen atoms in total. The molecule has 0 heterocycles. The summed E-state index contributed by atoms with van der Waals surface area (Å²) in [6.07, 6.45) is 23.2. The summed E-state index contributed by atoms with van der Waals surface area (Å²) in [6, 6.07) is 9.01. The van der Waals surface area contributed by atoms with Crippen molar-refractivity contribution in [2.24, 2.45) is 0 Å². The summed E-state index contributed by atoms with van der Waals surface area (Å²) in [5.41, 5.74) is 9.27. The first-order chi connectivity index (χ1) is 15.0. The molecule has 0 radical (unpaired) electrons. The predicted molar refractivity (Wildman–Crippen MR) is 140 cm³/mol. The van der Waals surface area contributed by atoms with Crippen LogP contribution in [0, 0.1) is 0 Å². The van der Waals surface area contributed by atoms with Crippen LogP contribution in [0.15, 0.2) is 101 Å². The average Bonchev–Trinajstić information content (AvgIpc) is 3.21. The van der Waals surface area contributed by atoms with Crippen molar-refractivity contribution in [1.29, 1.82) is 0 Å². The van der Waals surface area contributed by atoms with Crippen molar-refractivity contribution in [2.75, 3.05) is 0 Å². The van der Waals surface area contributed by atoms with Crippen LogP contribution in [0.5, 0.6) is 0 Å². The minimum atomic E-state index is 0.681. The molecule has 0 spiro atoms. The van der Waals surface area contributed by atoms with Crippen LogP contribution in [0.4, 0.5) is 0 Å². The van der Waals surface area contributed by atoms with Crippen LogP contribution in [0.2, 0.25) is 0 Å². The molecule has 0 aromatic heterocycles. The van der Waals surface area contributed by atoms with E-state index in [1.165, 1.54) is 51.8 Å². The highest BCUT2D eigenvalue weighted by molar-refractivity contribution is 5.53. The smallest absolute Gasteiger partial charge is 0.00258 e. The zero-order valence-electron chi connectivity index (χ0n) is 20.2. The highest BCUT2D eigenvalue weighted by atomic mass is 14.1. The fourth-order valence-electron chi connectivity index (χ4n) is 4.05. The van der Waals surface area contributed by atoms with Crippen molar-refractivity contribution in [3.05, 3.63) is 112 Å². The predicted octanol–water partition coefficient (Wildman–Crippen LogP) is 9.66. The second-order valence-electron chi connectivity index (χ2n) is 8.66. The number of hydrogen-bond donors (Lipinski definition) is 0. The third kappa shape index (κ3) is 7.87. The van der Waals surface area contributed by atoms with Crippen molar-refractivity contribution in [1.82, 2.24) is 0 Å². The highest BCUT2D eigenvalue weighted by Gasteiger charge is 2.06. The van der Waals surface area contributed by atoms with Crippen molar-refractivity contribution in [3.63, 3.8) is 0 Å². The molecule has 1 aromatic rings. The fraction of sp³-hybridized carbons (Fsp3) is 0.355. The summed E-state index contributed by atoms with van der Waals surface area (Å²) in [5.74, 6) is 0.681. The lowest BCUT2D eigenvalue weighted by molar-refractivity contribution is 0.642. The van der Waals surface area contributed by atoms with E-state index in [1.807, 2.05) is 0 Å². The Labute approximate surface area is 191 Å². The van der Waals surface area contributed by atoms with Crippen LogP contribution in [0.1, 0.15) is 83.8 Å². The van der Waals surface area contributed by atoms with Gasteiger partial charge in [0.2, 0.25) is 0 Å². The van der Waals surface area contributed by atoms with Gasteiger partial charge >= 0.3 is 0 Å². The Morgan fingerprint density at radius 3 is 2.10 bits per heavy atom. The number of benzene rings is 1. The highest BCUT2D eigenvalue weighted by Crippen LogP contribution is 2.25. The zero-order chi connectivity index (χ0) is 22.6. The van der Waals surface area contributed by atoms with Crippen LogP contribution in [0.25, 0.3) is 6.08 Å². The molecule has 2 rings (SSSR count). The van der Waals surface area contributed by atoms with Gasteiger partial charge in [0.1, 0.15) is 0 Å². The Bertz CT molecular complexity index is 899. The van der Waals surface area contributed by atoms with Gasteiger partial charge in [-0.1, -0.05) is 112 Å². The number of rotatable bonds is 11. The molecular formula is C31H40. The van der Waals surface area contributed by atoms with Crippen LogP contribution in [-0.2, 0) is 0 Å². The summed E-state index contributed by atoms with van der Waals surface area (Å²) in [5, 5.41) is 0. The molecule has 0 fully saturated rings. The Hall–Kier alpha value is -2.60. The Morgan fingerprint density at radius 2 is 1.52 bits per heavy atom. The van der Waals surface area contributed by atoms with Gasteiger partial charge in [-0.25, -0.2) is 0 Å². The molecule has 0 amide bonds. The average molecular weight is 413 g/mol. The first kappa shape index (κ1) is 24.7. The van der Waals surface area contributed by atoms with Gasteiger partial charge in [0.15, 0.2) is 0 Å². The van der Waals surface area contributed by atoms with E-state index in [9.17, 15) is 0 Å². The molecule has 0 bridgehead atoms. The van der Waals surface area contributed by atoms with Gasteiger partial charge in [0.25, 0.3) is 0 Å². The summed E-state index contributed by atoms with van der Waals surface area (Å²) in [4.78, 5) is 0. The first-order valence-corrected chi connectivity index (χ1v) is 11.9. The lowest BCUT2D eigenvalue weighted by Gasteiger charge is -2.12. The maximum absolute atomic E-state index is 4.26. The van der Waals surface area contributed by atoms with E-state index in [4.69, 9.17) is 0 Å². The third-order valence-corrected chi connectivity index (χ3v) is 5.96. The molecule has 0 atom stereocenters. The maximum atomic E-state index is 4.26. The van der Waals surface area contributed by atoms with Crippen molar-refractivity contribution in [2.45, 2.75) is 72.6 Å². The Kier molecular flexibility index (Phi) is 10.3. The Balaban J connectivity index is 1.88. The molecule has 1 aliphatic rings. The van der Waals surface area contributed by atoms with E-state index in [0.717, 1.165) is 19.3 Å². The zero-order valence-corrected chi connectivity index (χ0v) is 20.2. The SMILES string of the molecule is C=C(CCC)C(/C=C/C1=CC=C(/C=C/C=C/c2ccc(C(CC)CC)cc2)C1)=C(C)C. The second-order valence-corrected chi connectivity index (χ2v) is 8.66. The lowest BCUT2D eigenvalue weighted by atomic mass is 9.93. The molecule has 0 saturated carbocycles. The Morgan fingerprint density at radius 1 is 0.903 bits per heavy atom. The maximum Gasteiger partial charge on any atom is -0.00258 e. The molecule has 0 N–H and O–H groups in total. The molecule has 31 heavy (non-hydrogen) atoms. The monoisotopic (exact) mass is 412 g/mol. The van der Waals surface area contributed by atoms with E-state index in [1.54, 1.807) is 0 Å². The molecule has 164 valence electrons. The number of hydrogen-bond acceptors (Lipinski definition) is 0. The fourth-order valence-corrected chi connectivity index (χ4v) is 4.05. The van der Waals surface area contributed by atoms with E-state index in [-0.39, 0.29) is 0 Å². The third-order valence-electron chi connectivity index (χ3n) is 5.96. The summed E-state index contributed by atoms with van der Waals surface area (Å²) < 4.78 is 0. The van der Waals surface area contributed by atoms with Crippen LogP contribution in [-0.4, -0.2) is 0 Å². The summed E-state index contributed by atoms with van der Waals surface area (Å²) in [7, 11) is 0. The van der Waals surface area contributed by atoms with E-state index >= 15 is 0 Å². The quantitative estimate of drug-likeness (QED) is 0.317. The number of allylic oxidation sites excluding steroid dienone is 12.